The summed E-state index contributed by atoms with van der Waals surface area (Å²) in [4.78, 5) is 0. The maximum absolute atomic E-state index is 6.75. The fraction of sp³-hybridized carbons (Fsp3) is 0.250. The van der Waals surface area contributed by atoms with Gasteiger partial charge in [-0.1, -0.05) is 229 Å². The quantitative estimate of drug-likeness (QED) is 0.139. The van der Waals surface area contributed by atoms with Gasteiger partial charge >= 0.3 is 13.4 Å². The lowest BCUT2D eigenvalue weighted by molar-refractivity contribution is 0.382. The minimum absolute atomic E-state index is 0.350. The predicted molar refractivity (Wildman–Crippen MR) is 343 cm³/mol. The van der Waals surface area contributed by atoms with Crippen LogP contribution in [0.15, 0.2) is 218 Å². The second-order valence-electron chi connectivity index (χ2n) is 25.1. The molecule has 6 nitrogen and oxygen atoms in total. The smallest absolute Gasteiger partial charge is 0.407 e. The number of hydrogen-bond donors (Lipinski definition) is 0. The molecule has 9 aromatic rings. The van der Waals surface area contributed by atoms with E-state index in [1.54, 1.807) is 0 Å². The van der Waals surface area contributed by atoms with Gasteiger partial charge < -0.3 is 27.1 Å². The first kappa shape index (κ1) is 56.9. The largest absolute Gasteiger partial charge is 0.490 e. The van der Waals surface area contributed by atoms with Crippen molar-refractivity contribution in [3.05, 3.63) is 285 Å². The highest BCUT2D eigenvalue weighted by molar-refractivity contribution is 8.08. The molecular weight excluding hydrogens is 1090 g/mol. The molecule has 0 amide bonds. The van der Waals surface area contributed by atoms with E-state index in [1.165, 1.54) is 33.4 Å². The van der Waals surface area contributed by atoms with Crippen molar-refractivity contribution < 1.29 is 27.1 Å². The van der Waals surface area contributed by atoms with Crippen LogP contribution in [-0.2, 0) is 56.1 Å². The first-order chi connectivity index (χ1) is 38.7. The van der Waals surface area contributed by atoms with E-state index in [2.05, 4.69) is 229 Å². The van der Waals surface area contributed by atoms with Crippen LogP contribution in [0.2, 0.25) is 0 Å². The van der Waals surface area contributed by atoms with Gasteiger partial charge in [0.1, 0.15) is 34.5 Å². The summed E-state index contributed by atoms with van der Waals surface area (Å²) < 4.78 is 40.5. The summed E-state index contributed by atoms with van der Waals surface area (Å²) in [6.07, 6.45) is 0. The Morgan fingerprint density at radius 1 is 0.183 bits per heavy atom. The molecule has 30 aliphatic heterocycles. The maximum Gasteiger partial charge on any atom is 0.490 e. The van der Waals surface area contributed by atoms with Gasteiger partial charge in [0.25, 0.3) is 0 Å². The summed E-state index contributed by atoms with van der Waals surface area (Å²) in [5.41, 5.74) is 11.6. The van der Waals surface area contributed by atoms with Gasteiger partial charge in [-0.15, -0.1) is 0 Å². The van der Waals surface area contributed by atoms with Crippen molar-refractivity contribution in [2.24, 2.45) is 0 Å². The molecule has 9 aromatic carbocycles. The van der Waals surface area contributed by atoms with E-state index in [-0.39, 0.29) is 32.5 Å². The third kappa shape index (κ3) is 11.1. The van der Waals surface area contributed by atoms with Crippen molar-refractivity contribution in [1.29, 1.82) is 0 Å². The van der Waals surface area contributed by atoms with Crippen LogP contribution in [0.5, 0.6) is 34.5 Å². The van der Waals surface area contributed by atoms with Crippen molar-refractivity contribution >= 4 is 37.1 Å². The molecule has 10 heteroatoms. The Morgan fingerprint density at radius 2 is 0.268 bits per heavy atom. The normalized spacial score (nSPS) is 20.8. The van der Waals surface area contributed by atoms with E-state index >= 15 is 0 Å². The van der Waals surface area contributed by atoms with Gasteiger partial charge in [-0.3, -0.25) is 0 Å². The lowest BCUT2D eigenvalue weighted by Gasteiger charge is -2.31. The summed E-state index contributed by atoms with van der Waals surface area (Å²) in [5, 5.41) is 0. The monoisotopic (exact) mass is 1160 g/mol. The van der Waals surface area contributed by atoms with Crippen molar-refractivity contribution in [2.75, 3.05) is 0 Å². The molecule has 0 saturated heterocycles. The highest BCUT2D eigenvalue weighted by atomic mass is 32.5. The molecular formula is C72H72O6P2S2. The first-order valence-corrected chi connectivity index (χ1v) is 33.2. The fourth-order valence-electron chi connectivity index (χ4n) is 11.4. The van der Waals surface area contributed by atoms with Gasteiger partial charge in [-0.25, -0.2) is 0 Å². The second-order valence-corrected chi connectivity index (χ2v) is 30.6. The van der Waals surface area contributed by atoms with Crippen LogP contribution < -0.4 is 27.1 Å². The van der Waals surface area contributed by atoms with E-state index in [0.29, 0.717) is 34.5 Å². The molecule has 0 atom stereocenters. The molecule has 0 aliphatic carbocycles. The van der Waals surface area contributed by atoms with Crippen LogP contribution in [0, 0.1) is 0 Å². The van der Waals surface area contributed by atoms with Crippen molar-refractivity contribution in [3.63, 3.8) is 0 Å². The Kier molecular flexibility index (Phi) is 14.6. The van der Waals surface area contributed by atoms with Crippen molar-refractivity contribution in [2.45, 2.75) is 116 Å². The maximum atomic E-state index is 6.75. The minimum atomic E-state index is -3.57. The molecule has 0 saturated carbocycles. The van der Waals surface area contributed by atoms with E-state index in [0.717, 1.165) is 33.4 Å². The summed E-state index contributed by atoms with van der Waals surface area (Å²) in [6.45, 7) is 19.7. The summed E-state index contributed by atoms with van der Waals surface area (Å²) in [7, 11) is 0. The standard InChI is InChI=1S/C72H72O6P2S2/c1-67(2)49-13-15-50(16-14-49)68(3,4)56-27-39-64(40-28-56)76-80(82)77-65-45-33-59(34-46-65)71(9,10)53-21-17-51(18-22-53)69(5,6)57-29-41-62(42-30-57)74-79(81,73-61-37-25-55(67)26-38-61)75-63-43-31-58(32-44-63)70(7,8)52-19-23-54(24-20-52)72(11,12)60-35-47-66(78-80)48-36-60/h13-48H,1-12H3. The van der Waals surface area contributed by atoms with Gasteiger partial charge in [-0.2, -0.15) is 0 Å². The average molecular weight is 1160 g/mol. The number of hydrogen-bond acceptors (Lipinski definition) is 8. The first-order valence-electron chi connectivity index (χ1n) is 28.1. The Morgan fingerprint density at radius 3 is 0.366 bits per heavy atom. The van der Waals surface area contributed by atoms with Crippen LogP contribution >= 0.6 is 13.4 Å². The number of rotatable bonds is 0. The average Bonchev–Trinajstić information content (AvgIpc) is 3.50. The molecule has 39 rings (SSSR count). The molecule has 30 aliphatic rings. The van der Waals surface area contributed by atoms with Crippen molar-refractivity contribution in [1.82, 2.24) is 0 Å². The summed E-state index contributed by atoms with van der Waals surface area (Å²) >= 11 is 12.8. The lowest BCUT2D eigenvalue weighted by Crippen LogP contribution is -2.22. The Balaban J connectivity index is 1.06. The van der Waals surface area contributed by atoms with Crippen LogP contribution in [-0.4, -0.2) is 0 Å². The van der Waals surface area contributed by atoms with E-state index < -0.39 is 13.4 Å². The molecule has 0 fully saturated rings. The Labute approximate surface area is 496 Å². The van der Waals surface area contributed by atoms with Gasteiger partial charge in [-0.05, 0) is 140 Å². The van der Waals surface area contributed by atoms with Crippen LogP contribution in [0.1, 0.15) is 150 Å². The Bertz CT molecular complexity index is 3190. The second kappa shape index (κ2) is 21.1. The zero-order valence-corrected chi connectivity index (χ0v) is 52.4. The van der Waals surface area contributed by atoms with E-state index in [1.807, 2.05) is 72.8 Å². The SMILES string of the molecule is CC1(C)c2ccc(cc2)OP2(=S)Oc3ccc(cc3)C(C)(C)c3ccc(cc3)C(C)(C)c3ccc(cc3)OP(=S)(Oc3ccc(cc3)C(C)(C)c3ccc1cc3)Oc1ccc(cc1)C(C)(C)c1ccc(cc1)C(C)(C)c1ccc(cc1)O2. The molecule has 0 radical (unpaired) electrons. The third-order valence-electron chi connectivity index (χ3n) is 17.7. The zero-order valence-electron chi connectivity index (χ0n) is 48.9. The molecule has 30 heterocycles. The lowest BCUT2D eigenvalue weighted by atomic mass is 9.74. The van der Waals surface area contributed by atoms with Crippen LogP contribution in [0.25, 0.3) is 0 Å². The van der Waals surface area contributed by atoms with Crippen LogP contribution in [0.3, 0.4) is 0 Å². The van der Waals surface area contributed by atoms with Crippen LogP contribution in [0.4, 0.5) is 0 Å². The molecule has 418 valence electrons. The van der Waals surface area contributed by atoms with E-state index in [4.69, 9.17) is 50.8 Å². The van der Waals surface area contributed by atoms with Gasteiger partial charge in [0.05, 0.1) is 0 Å². The molecule has 0 aromatic heterocycles. The third-order valence-corrected chi connectivity index (χ3v) is 21.7. The van der Waals surface area contributed by atoms with Crippen molar-refractivity contribution in [3.8, 4) is 34.5 Å². The topological polar surface area (TPSA) is 55.4 Å². The van der Waals surface area contributed by atoms with E-state index in [9.17, 15) is 0 Å². The molecule has 0 N–H and O–H groups in total. The molecule has 82 heavy (non-hydrogen) atoms. The predicted octanol–water partition coefficient (Wildman–Crippen LogP) is 19.8. The van der Waals surface area contributed by atoms with Gasteiger partial charge in [0, 0.05) is 56.1 Å². The minimum Gasteiger partial charge on any atom is -0.407 e. The molecule has 0 unspecified atom stereocenters. The highest BCUT2D eigenvalue weighted by Crippen LogP contribution is 2.53. The fourth-order valence-corrected chi connectivity index (χ4v) is 15.4. The summed E-state index contributed by atoms with van der Waals surface area (Å²) in [6, 6.07) is 75.5. The van der Waals surface area contributed by atoms with Gasteiger partial charge in [0.15, 0.2) is 0 Å². The summed E-state index contributed by atoms with van der Waals surface area (Å²) in [5.74, 6) is 3.30. The molecule has 0 spiro atoms. The molecule has 20 bridgehead atoms. The highest BCUT2D eigenvalue weighted by Gasteiger charge is 2.34. The van der Waals surface area contributed by atoms with Gasteiger partial charge in [0.2, 0.25) is 0 Å². The Hall–Kier alpha value is -6.92. The number of benzene rings is 9. The zero-order chi connectivity index (χ0) is 58.1.